The molecule has 0 radical (unpaired) electrons. The molecule has 36 heavy (non-hydrogen) atoms. The molecule has 2 aliphatic rings. The van der Waals surface area contributed by atoms with Gasteiger partial charge in [0.15, 0.2) is 0 Å². The van der Waals surface area contributed by atoms with Crippen molar-refractivity contribution < 1.29 is 21.9 Å². The van der Waals surface area contributed by atoms with Crippen molar-refractivity contribution in [2.45, 2.75) is 78.2 Å². The first-order valence-corrected chi connectivity index (χ1v) is 15.3. The van der Waals surface area contributed by atoms with E-state index in [1.165, 1.54) is 6.07 Å². The van der Waals surface area contributed by atoms with Crippen LogP contribution in [0.25, 0.3) is 0 Å². The first kappa shape index (κ1) is 25.1. The molecule has 3 aromatic rings. The summed E-state index contributed by atoms with van der Waals surface area (Å²) in [6.07, 6.45) is 3.68. The molecule has 0 saturated heterocycles. The zero-order valence-electron chi connectivity index (χ0n) is 20.4. The molecule has 8 heteroatoms. The van der Waals surface area contributed by atoms with Crippen LogP contribution in [0.2, 0.25) is 0 Å². The average molecular weight is 526 g/mol. The first-order chi connectivity index (χ1) is 17.1. The number of rotatable bonds is 5. The van der Waals surface area contributed by atoms with E-state index >= 15 is 0 Å². The van der Waals surface area contributed by atoms with Crippen LogP contribution in [0.4, 0.5) is 0 Å². The number of aliphatic hydroxyl groups excluding tert-OH is 1. The minimum absolute atomic E-state index is 0.0744. The van der Waals surface area contributed by atoms with Crippen LogP contribution in [0.3, 0.4) is 0 Å². The van der Waals surface area contributed by atoms with E-state index < -0.39 is 37.4 Å². The zero-order chi connectivity index (χ0) is 25.7. The van der Waals surface area contributed by atoms with Crippen molar-refractivity contribution in [3.05, 3.63) is 89.0 Å². The van der Waals surface area contributed by atoms with Crippen LogP contribution >= 0.6 is 0 Å². The van der Waals surface area contributed by atoms with Crippen LogP contribution in [0.1, 0.15) is 67.4 Å². The Morgan fingerprint density at radius 1 is 0.889 bits per heavy atom. The molecule has 2 atom stereocenters. The van der Waals surface area contributed by atoms with Gasteiger partial charge in [-0.1, -0.05) is 73.9 Å². The van der Waals surface area contributed by atoms with E-state index in [0.29, 0.717) is 16.7 Å². The van der Waals surface area contributed by atoms with Gasteiger partial charge in [-0.3, -0.25) is 0 Å². The molecule has 0 amide bonds. The van der Waals surface area contributed by atoms with Gasteiger partial charge < -0.3 is 5.11 Å². The average Bonchev–Trinajstić information content (AvgIpc) is 2.87. The predicted molar refractivity (Wildman–Crippen MR) is 138 cm³/mol. The standard InChI is InChI=1S/C28H31NO5S2/c1-19-17-23-26(18-25(19)36(33,34)29-20(2)27(30)21-11-5-3-6-12-21)35(31,32)24-14-8-7-13-22(24)28(23)15-9-4-10-16-28/h3,5-8,11-14,17-18,20,27,29-30H,4,9-10,15-16H2,1-2H3. The van der Waals surface area contributed by atoms with Crippen molar-refractivity contribution >= 4 is 19.9 Å². The van der Waals surface area contributed by atoms with Crippen LogP contribution in [0.15, 0.2) is 81.4 Å². The Kier molecular flexibility index (Phi) is 6.35. The van der Waals surface area contributed by atoms with Gasteiger partial charge in [0.25, 0.3) is 0 Å². The first-order valence-electron chi connectivity index (χ1n) is 12.3. The van der Waals surface area contributed by atoms with Crippen molar-refractivity contribution in [1.82, 2.24) is 4.72 Å². The van der Waals surface area contributed by atoms with Crippen LogP contribution < -0.4 is 4.72 Å². The molecular weight excluding hydrogens is 494 g/mol. The smallest absolute Gasteiger partial charge is 0.241 e. The van der Waals surface area contributed by atoms with E-state index in [-0.39, 0.29) is 14.7 Å². The largest absolute Gasteiger partial charge is 0.387 e. The fourth-order valence-corrected chi connectivity index (χ4v) is 9.36. The lowest BCUT2D eigenvalue weighted by Gasteiger charge is -2.43. The molecule has 1 heterocycles. The van der Waals surface area contributed by atoms with Gasteiger partial charge in [-0.15, -0.1) is 0 Å². The summed E-state index contributed by atoms with van der Waals surface area (Å²) in [5.74, 6) is 0. The molecule has 6 nitrogen and oxygen atoms in total. The fourth-order valence-electron chi connectivity index (χ4n) is 5.92. The third-order valence-electron chi connectivity index (χ3n) is 7.73. The summed E-state index contributed by atoms with van der Waals surface area (Å²) in [6, 6.07) is 18.2. The van der Waals surface area contributed by atoms with E-state index in [0.717, 1.165) is 37.7 Å². The van der Waals surface area contributed by atoms with Gasteiger partial charge in [0, 0.05) is 11.5 Å². The van der Waals surface area contributed by atoms with Crippen molar-refractivity contribution in [1.29, 1.82) is 0 Å². The molecular formula is C28H31NO5S2. The lowest BCUT2D eigenvalue weighted by atomic mass is 9.65. The van der Waals surface area contributed by atoms with Crippen LogP contribution in [0, 0.1) is 6.92 Å². The number of sulfonamides is 1. The monoisotopic (exact) mass is 525 g/mol. The minimum Gasteiger partial charge on any atom is -0.387 e. The van der Waals surface area contributed by atoms with Gasteiger partial charge in [0.2, 0.25) is 19.9 Å². The number of aryl methyl sites for hydroxylation is 1. The molecule has 0 bridgehead atoms. The number of benzene rings is 3. The van der Waals surface area contributed by atoms with Crippen molar-refractivity contribution in [2.24, 2.45) is 0 Å². The fraction of sp³-hybridized carbons (Fsp3) is 0.357. The van der Waals surface area contributed by atoms with E-state index in [9.17, 15) is 21.9 Å². The predicted octanol–water partition coefficient (Wildman–Crippen LogP) is 4.79. The Balaban J connectivity index is 1.61. The van der Waals surface area contributed by atoms with Crippen molar-refractivity contribution in [2.75, 3.05) is 0 Å². The lowest BCUT2D eigenvalue weighted by molar-refractivity contribution is 0.146. The normalized spacial score (nSPS) is 19.8. The minimum atomic E-state index is -4.12. The quantitative estimate of drug-likeness (QED) is 0.499. The van der Waals surface area contributed by atoms with Crippen LogP contribution in [-0.2, 0) is 25.3 Å². The van der Waals surface area contributed by atoms with Crippen molar-refractivity contribution in [3.63, 3.8) is 0 Å². The Bertz CT molecular complexity index is 1510. The Hall–Kier alpha value is -2.52. The Morgan fingerprint density at radius 2 is 1.53 bits per heavy atom. The zero-order valence-corrected chi connectivity index (χ0v) is 22.1. The summed E-state index contributed by atoms with van der Waals surface area (Å²) < 4.78 is 57.1. The second-order valence-electron chi connectivity index (χ2n) is 10.0. The number of aliphatic hydroxyl groups is 1. The number of fused-ring (bicyclic) bond motifs is 4. The molecule has 190 valence electrons. The molecule has 2 N–H and O–H groups in total. The molecule has 1 spiro atoms. The summed E-state index contributed by atoms with van der Waals surface area (Å²) in [6.45, 7) is 3.30. The number of hydrogen-bond acceptors (Lipinski definition) is 5. The second kappa shape index (κ2) is 9.10. The highest BCUT2D eigenvalue weighted by Gasteiger charge is 2.47. The van der Waals surface area contributed by atoms with Crippen LogP contribution in [0.5, 0.6) is 0 Å². The molecule has 2 unspecified atom stereocenters. The Morgan fingerprint density at radius 3 is 2.22 bits per heavy atom. The summed E-state index contributed by atoms with van der Waals surface area (Å²) in [4.78, 5) is 0.264. The van der Waals surface area contributed by atoms with E-state index in [4.69, 9.17) is 0 Å². The summed E-state index contributed by atoms with van der Waals surface area (Å²) >= 11 is 0. The SMILES string of the molecule is Cc1cc2c(cc1S(=O)(=O)NC(C)C(O)c1ccccc1)S(=O)(=O)c1ccccc1C21CCCCC1. The topological polar surface area (TPSA) is 101 Å². The van der Waals surface area contributed by atoms with Crippen molar-refractivity contribution in [3.8, 4) is 0 Å². The summed E-state index contributed by atoms with van der Waals surface area (Å²) in [5.41, 5.74) is 2.17. The number of hydrogen-bond donors (Lipinski definition) is 2. The Labute approximate surface area is 213 Å². The molecule has 5 rings (SSSR count). The summed E-state index contributed by atoms with van der Waals surface area (Å²) in [7, 11) is -8.03. The number of nitrogens with one attached hydrogen (secondary N) is 1. The van der Waals surface area contributed by atoms with Gasteiger partial charge in [-0.05, 0) is 61.1 Å². The van der Waals surface area contributed by atoms with Gasteiger partial charge in [-0.25, -0.2) is 21.6 Å². The van der Waals surface area contributed by atoms with Crippen LogP contribution in [-0.4, -0.2) is 28.0 Å². The molecule has 1 fully saturated rings. The molecule has 1 saturated carbocycles. The maximum atomic E-state index is 13.8. The summed E-state index contributed by atoms with van der Waals surface area (Å²) in [5, 5.41) is 10.7. The van der Waals surface area contributed by atoms with E-state index in [1.807, 2.05) is 18.2 Å². The van der Waals surface area contributed by atoms with Gasteiger partial charge in [-0.2, -0.15) is 0 Å². The molecule has 0 aromatic heterocycles. The molecule has 1 aliphatic carbocycles. The second-order valence-corrected chi connectivity index (χ2v) is 13.6. The highest BCUT2D eigenvalue weighted by molar-refractivity contribution is 7.92. The van der Waals surface area contributed by atoms with Gasteiger partial charge in [0.1, 0.15) is 0 Å². The van der Waals surface area contributed by atoms with Gasteiger partial charge in [0.05, 0.1) is 20.8 Å². The third kappa shape index (κ3) is 4.00. The maximum Gasteiger partial charge on any atom is 0.241 e. The highest BCUT2D eigenvalue weighted by atomic mass is 32.2. The molecule has 3 aromatic carbocycles. The van der Waals surface area contributed by atoms with Gasteiger partial charge >= 0.3 is 0 Å². The van der Waals surface area contributed by atoms with E-state index in [1.54, 1.807) is 56.3 Å². The number of sulfone groups is 1. The van der Waals surface area contributed by atoms with E-state index in [2.05, 4.69) is 4.72 Å². The third-order valence-corrected chi connectivity index (χ3v) is 11.3. The molecule has 1 aliphatic heterocycles. The lowest BCUT2D eigenvalue weighted by Crippen LogP contribution is -2.39. The highest BCUT2D eigenvalue weighted by Crippen LogP contribution is 2.53. The maximum absolute atomic E-state index is 13.8.